The highest BCUT2D eigenvalue weighted by Crippen LogP contribution is 2.59. The number of hydrogen-bond donors (Lipinski definition) is 0. The smallest absolute Gasteiger partial charge is 0.0728 e. The molecule has 3 heteroatoms. The van der Waals surface area contributed by atoms with Crippen LogP contribution in [0, 0.1) is 0 Å². The average molecular weight is 620 g/mol. The molecule has 3 aliphatic heterocycles. The van der Waals surface area contributed by atoms with Crippen molar-refractivity contribution >= 4 is 34.9 Å². The van der Waals surface area contributed by atoms with E-state index in [9.17, 15) is 0 Å². The summed E-state index contributed by atoms with van der Waals surface area (Å²) in [6, 6.07) is 46.5. The molecule has 9 rings (SSSR count). The maximum atomic E-state index is 2.49. The molecule has 5 aromatic carbocycles. The van der Waals surface area contributed by atoms with E-state index in [4.69, 9.17) is 0 Å². The summed E-state index contributed by atoms with van der Waals surface area (Å²) in [7, 11) is 4.42. The lowest BCUT2D eigenvalue weighted by atomic mass is 9.66. The molecule has 0 fully saturated rings. The fourth-order valence-corrected chi connectivity index (χ4v) is 8.30. The van der Waals surface area contributed by atoms with Crippen molar-refractivity contribution in [2.45, 2.75) is 5.41 Å². The van der Waals surface area contributed by atoms with Gasteiger partial charge < -0.3 is 14.7 Å². The molecule has 232 valence electrons. The summed E-state index contributed by atoms with van der Waals surface area (Å²) in [6.07, 6.45) is 14.1. The van der Waals surface area contributed by atoms with E-state index in [0.717, 1.165) is 13.1 Å². The van der Waals surface area contributed by atoms with E-state index in [0.29, 0.717) is 0 Å². The number of allylic oxidation sites excluding steroid dienone is 3. The zero-order valence-corrected chi connectivity index (χ0v) is 27.3. The monoisotopic (exact) mass is 619 g/mol. The molecule has 0 spiro atoms. The van der Waals surface area contributed by atoms with Crippen LogP contribution in [0.3, 0.4) is 0 Å². The molecule has 0 radical (unpaired) electrons. The minimum atomic E-state index is -0.446. The molecule has 0 aromatic heterocycles. The highest BCUT2D eigenvalue weighted by atomic mass is 15.2. The Labute approximate surface area is 283 Å². The lowest BCUT2D eigenvalue weighted by Crippen LogP contribution is -2.31. The first-order valence-electron chi connectivity index (χ1n) is 16.8. The fraction of sp³-hybridized carbons (Fsp3) is 0.111. The molecule has 0 saturated carbocycles. The van der Waals surface area contributed by atoms with Crippen LogP contribution in [-0.4, -0.2) is 37.0 Å². The molecule has 0 atom stereocenters. The Morgan fingerprint density at radius 1 is 0.583 bits per heavy atom. The standard InChI is InChI=1S/C45H37N3/c1-46-30-28-36(31-42(46)32-15-6-3-7-16-32)48-40-23-13-12-17-33(40)24-25-37-41(48)27-26-38-43(37)44-39(22-14-29-47(44)2)45(38,34-18-8-4-9-19-34)35-20-10-5-11-21-35/h3-28,31H,29-30H2,1-2H3. The second kappa shape index (κ2) is 11.2. The van der Waals surface area contributed by atoms with Gasteiger partial charge >= 0.3 is 0 Å². The van der Waals surface area contributed by atoms with E-state index in [1.54, 1.807) is 0 Å². The lowest BCUT2D eigenvalue weighted by molar-refractivity contribution is 0.526. The van der Waals surface area contributed by atoms with Gasteiger partial charge in [0, 0.05) is 55.4 Å². The molecule has 0 unspecified atom stereocenters. The number of nitrogens with zero attached hydrogens (tertiary/aromatic N) is 3. The molecule has 0 amide bonds. The average Bonchev–Trinajstić information content (AvgIpc) is 3.35. The third kappa shape index (κ3) is 4.14. The number of para-hydroxylation sites is 1. The molecule has 48 heavy (non-hydrogen) atoms. The quantitative estimate of drug-likeness (QED) is 0.198. The van der Waals surface area contributed by atoms with E-state index in [1.165, 1.54) is 73.0 Å². The van der Waals surface area contributed by atoms with Gasteiger partial charge in [0.25, 0.3) is 0 Å². The van der Waals surface area contributed by atoms with E-state index >= 15 is 0 Å². The first kappa shape index (κ1) is 28.4. The van der Waals surface area contributed by atoms with Crippen LogP contribution in [0.15, 0.2) is 163 Å². The molecular weight excluding hydrogens is 583 g/mol. The van der Waals surface area contributed by atoms with Gasteiger partial charge in [-0.25, -0.2) is 0 Å². The number of hydrogen-bond acceptors (Lipinski definition) is 3. The van der Waals surface area contributed by atoms with Crippen molar-refractivity contribution in [1.82, 2.24) is 9.80 Å². The van der Waals surface area contributed by atoms with E-state index < -0.39 is 5.41 Å². The maximum Gasteiger partial charge on any atom is 0.0728 e. The maximum absolute atomic E-state index is 2.49. The molecule has 0 N–H and O–H groups in total. The van der Waals surface area contributed by atoms with Gasteiger partial charge in [0.1, 0.15) is 0 Å². The third-order valence-electron chi connectivity index (χ3n) is 10.4. The van der Waals surface area contributed by atoms with Crippen molar-refractivity contribution in [3.05, 3.63) is 202 Å². The van der Waals surface area contributed by atoms with Gasteiger partial charge in [-0.05, 0) is 57.7 Å². The summed E-state index contributed by atoms with van der Waals surface area (Å²) < 4.78 is 0. The number of likely N-dealkylation sites (N-methyl/N-ethyl adjacent to an activating group) is 2. The highest BCUT2D eigenvalue weighted by molar-refractivity contribution is 6.00. The van der Waals surface area contributed by atoms with Gasteiger partial charge in [0.05, 0.1) is 16.8 Å². The van der Waals surface area contributed by atoms with Crippen molar-refractivity contribution < 1.29 is 0 Å². The SMILES string of the molecule is CN1CC=C(N2c3ccccc3C=Cc3c2ccc2c3C3=C(C=CCN3C)C2(c2ccccc2)c2ccccc2)C=C1c1ccccc1. The molecule has 3 heterocycles. The molecule has 4 aliphatic rings. The Kier molecular flexibility index (Phi) is 6.62. The second-order valence-electron chi connectivity index (χ2n) is 13.1. The van der Waals surface area contributed by atoms with Crippen molar-refractivity contribution in [1.29, 1.82) is 0 Å². The number of anilines is 2. The zero-order chi connectivity index (χ0) is 32.2. The summed E-state index contributed by atoms with van der Waals surface area (Å²) in [5.74, 6) is 0. The first-order valence-corrected chi connectivity index (χ1v) is 16.8. The van der Waals surface area contributed by atoms with E-state index in [2.05, 4.69) is 193 Å². The van der Waals surface area contributed by atoms with Gasteiger partial charge in [-0.15, -0.1) is 0 Å². The highest BCUT2D eigenvalue weighted by Gasteiger charge is 2.49. The number of rotatable bonds is 4. The predicted molar refractivity (Wildman–Crippen MR) is 201 cm³/mol. The Morgan fingerprint density at radius 3 is 1.98 bits per heavy atom. The van der Waals surface area contributed by atoms with Gasteiger partial charge in [-0.1, -0.05) is 140 Å². The number of fused-ring (bicyclic) bond motifs is 5. The summed E-state index contributed by atoms with van der Waals surface area (Å²) in [6.45, 7) is 1.70. The predicted octanol–water partition coefficient (Wildman–Crippen LogP) is 9.74. The molecule has 5 aromatic rings. The van der Waals surface area contributed by atoms with Gasteiger partial charge in [0.2, 0.25) is 0 Å². The Morgan fingerprint density at radius 2 is 1.25 bits per heavy atom. The van der Waals surface area contributed by atoms with Crippen LogP contribution in [0.25, 0.3) is 23.5 Å². The van der Waals surface area contributed by atoms with Crippen molar-refractivity contribution in [2.24, 2.45) is 0 Å². The fourth-order valence-electron chi connectivity index (χ4n) is 8.30. The minimum Gasteiger partial charge on any atom is -0.370 e. The Bertz CT molecular complexity index is 2160. The van der Waals surface area contributed by atoms with Crippen LogP contribution in [0.2, 0.25) is 0 Å². The van der Waals surface area contributed by atoms with Crippen molar-refractivity contribution in [3.8, 4) is 0 Å². The van der Waals surface area contributed by atoms with Crippen LogP contribution in [0.1, 0.15) is 38.9 Å². The zero-order valence-electron chi connectivity index (χ0n) is 27.3. The summed E-state index contributed by atoms with van der Waals surface area (Å²) >= 11 is 0. The topological polar surface area (TPSA) is 9.72 Å². The molecule has 0 saturated heterocycles. The normalized spacial score (nSPS) is 17.2. The lowest BCUT2D eigenvalue weighted by Gasteiger charge is -2.36. The summed E-state index contributed by atoms with van der Waals surface area (Å²) in [5.41, 5.74) is 15.9. The van der Waals surface area contributed by atoms with Crippen LogP contribution in [0.5, 0.6) is 0 Å². The minimum absolute atomic E-state index is 0.446. The van der Waals surface area contributed by atoms with Gasteiger partial charge in [-0.3, -0.25) is 0 Å². The largest absolute Gasteiger partial charge is 0.370 e. The Hall–Kier alpha value is -5.80. The van der Waals surface area contributed by atoms with Gasteiger partial charge in [-0.2, -0.15) is 0 Å². The molecule has 1 aliphatic carbocycles. The second-order valence-corrected chi connectivity index (χ2v) is 13.1. The van der Waals surface area contributed by atoms with Crippen LogP contribution < -0.4 is 4.90 Å². The van der Waals surface area contributed by atoms with E-state index in [-0.39, 0.29) is 0 Å². The Balaban J connectivity index is 1.34. The van der Waals surface area contributed by atoms with Crippen LogP contribution >= 0.6 is 0 Å². The van der Waals surface area contributed by atoms with Crippen molar-refractivity contribution in [2.75, 3.05) is 32.1 Å². The number of benzene rings is 5. The van der Waals surface area contributed by atoms with Crippen LogP contribution in [-0.2, 0) is 5.41 Å². The van der Waals surface area contributed by atoms with Crippen LogP contribution in [0.4, 0.5) is 11.4 Å². The first-order chi connectivity index (χ1) is 23.7. The van der Waals surface area contributed by atoms with Crippen molar-refractivity contribution in [3.63, 3.8) is 0 Å². The third-order valence-corrected chi connectivity index (χ3v) is 10.4. The van der Waals surface area contributed by atoms with E-state index in [1.807, 2.05) is 0 Å². The molecule has 0 bridgehead atoms. The molecule has 3 nitrogen and oxygen atoms in total. The molecular formula is C45H37N3. The summed E-state index contributed by atoms with van der Waals surface area (Å²) in [4.78, 5) is 7.27. The van der Waals surface area contributed by atoms with Gasteiger partial charge in [0.15, 0.2) is 0 Å². The summed E-state index contributed by atoms with van der Waals surface area (Å²) in [5, 5.41) is 0.